The standard InChI is InChI=1S/C26H28N6O5/c1-34-20-6-4-17(5-7-20)12-32-25(28-29-30-32)15-31(14-21-3-2-8-35-21)13-19-9-18-10-23-24(37-16-36-23)11-22(18)27-26(19)33/h4-7,9-11,21H,2-3,8,12-16H2,1H3,(H,27,33). The first-order valence-corrected chi connectivity index (χ1v) is 12.3. The van der Waals surface area contributed by atoms with E-state index in [4.69, 9.17) is 18.9 Å². The summed E-state index contributed by atoms with van der Waals surface area (Å²) in [6.45, 7) is 3.05. The van der Waals surface area contributed by atoms with Gasteiger partial charge in [-0.05, 0) is 53.1 Å². The Bertz CT molecular complexity index is 1440. The van der Waals surface area contributed by atoms with Gasteiger partial charge in [-0.1, -0.05) is 12.1 Å². The Kier molecular flexibility index (Phi) is 6.46. The van der Waals surface area contributed by atoms with Crippen LogP contribution in [0.4, 0.5) is 0 Å². The molecule has 0 saturated carbocycles. The van der Waals surface area contributed by atoms with Crippen LogP contribution < -0.4 is 19.8 Å². The van der Waals surface area contributed by atoms with Crippen LogP contribution in [0.3, 0.4) is 0 Å². The van der Waals surface area contributed by atoms with E-state index in [0.29, 0.717) is 48.8 Å². The molecule has 192 valence electrons. The van der Waals surface area contributed by atoms with Crippen molar-refractivity contribution in [3.05, 3.63) is 69.8 Å². The van der Waals surface area contributed by atoms with Crippen LogP contribution in [0, 0.1) is 0 Å². The van der Waals surface area contributed by atoms with Gasteiger partial charge in [0.25, 0.3) is 5.56 Å². The summed E-state index contributed by atoms with van der Waals surface area (Å²) in [5, 5.41) is 13.3. The molecule has 1 saturated heterocycles. The number of hydrogen-bond acceptors (Lipinski definition) is 9. The molecule has 4 aromatic rings. The molecule has 1 fully saturated rings. The molecule has 2 aliphatic heterocycles. The lowest BCUT2D eigenvalue weighted by Crippen LogP contribution is -2.34. The van der Waals surface area contributed by atoms with Crippen LogP contribution in [0.2, 0.25) is 0 Å². The fourth-order valence-corrected chi connectivity index (χ4v) is 4.82. The highest BCUT2D eigenvalue weighted by Crippen LogP contribution is 2.35. The lowest BCUT2D eigenvalue weighted by atomic mass is 10.1. The molecule has 0 bridgehead atoms. The van der Waals surface area contributed by atoms with E-state index in [1.54, 1.807) is 17.9 Å². The lowest BCUT2D eigenvalue weighted by Gasteiger charge is -2.24. The summed E-state index contributed by atoms with van der Waals surface area (Å²) >= 11 is 0. The number of nitrogens with zero attached hydrogens (tertiary/aromatic N) is 5. The molecule has 1 unspecified atom stereocenters. The van der Waals surface area contributed by atoms with Gasteiger partial charge in [0.15, 0.2) is 17.3 Å². The minimum atomic E-state index is -0.137. The first-order valence-electron chi connectivity index (χ1n) is 12.3. The summed E-state index contributed by atoms with van der Waals surface area (Å²) in [5.41, 5.74) is 2.29. The van der Waals surface area contributed by atoms with Gasteiger partial charge in [0, 0.05) is 36.7 Å². The number of aromatic amines is 1. The van der Waals surface area contributed by atoms with Crippen LogP contribution in [0.25, 0.3) is 10.9 Å². The molecule has 2 aromatic carbocycles. The molecule has 0 amide bonds. The molecule has 11 nitrogen and oxygen atoms in total. The zero-order valence-electron chi connectivity index (χ0n) is 20.6. The van der Waals surface area contributed by atoms with Crippen LogP contribution in [0.1, 0.15) is 29.8 Å². The summed E-state index contributed by atoms with van der Waals surface area (Å²) in [4.78, 5) is 18.2. The van der Waals surface area contributed by atoms with Crippen molar-refractivity contribution in [1.29, 1.82) is 0 Å². The van der Waals surface area contributed by atoms with Crippen LogP contribution in [0.15, 0.2) is 47.3 Å². The average Bonchev–Trinajstić information content (AvgIpc) is 3.67. The number of tetrazole rings is 1. The van der Waals surface area contributed by atoms with Crippen molar-refractivity contribution in [2.75, 3.05) is 27.1 Å². The number of pyridine rings is 1. The number of aromatic nitrogens is 5. The Hall–Kier alpha value is -3.96. The second kappa shape index (κ2) is 10.2. The summed E-state index contributed by atoms with van der Waals surface area (Å²) in [7, 11) is 1.65. The first kappa shape index (κ1) is 23.4. The van der Waals surface area contributed by atoms with Crippen molar-refractivity contribution in [2.24, 2.45) is 0 Å². The zero-order valence-corrected chi connectivity index (χ0v) is 20.6. The van der Waals surface area contributed by atoms with Crippen molar-refractivity contribution in [1.82, 2.24) is 30.1 Å². The third-order valence-electron chi connectivity index (χ3n) is 6.76. The van der Waals surface area contributed by atoms with Crippen molar-refractivity contribution >= 4 is 10.9 Å². The molecule has 1 N–H and O–H groups in total. The highest BCUT2D eigenvalue weighted by molar-refractivity contribution is 5.83. The van der Waals surface area contributed by atoms with Gasteiger partial charge in [0.2, 0.25) is 6.79 Å². The number of benzene rings is 2. The summed E-state index contributed by atoms with van der Waals surface area (Å²) in [5.74, 6) is 2.83. The van der Waals surface area contributed by atoms with Crippen LogP contribution >= 0.6 is 0 Å². The van der Waals surface area contributed by atoms with E-state index in [1.165, 1.54) is 0 Å². The number of fused-ring (bicyclic) bond motifs is 2. The highest BCUT2D eigenvalue weighted by atomic mass is 16.7. The van der Waals surface area contributed by atoms with E-state index < -0.39 is 0 Å². The quantitative estimate of drug-likeness (QED) is 0.367. The molecule has 6 rings (SSSR count). The summed E-state index contributed by atoms with van der Waals surface area (Å²) in [6, 6.07) is 13.4. The van der Waals surface area contributed by atoms with Gasteiger partial charge in [-0.3, -0.25) is 9.69 Å². The molecule has 4 heterocycles. The first-order chi connectivity index (χ1) is 18.1. The SMILES string of the molecule is COc1ccc(Cn2nnnc2CN(Cc2cc3cc4c(cc3[nH]c2=O)OCO4)CC2CCCO2)cc1. The number of ether oxygens (including phenoxy) is 4. The third kappa shape index (κ3) is 5.13. The molecular formula is C26H28N6O5. The minimum Gasteiger partial charge on any atom is -0.497 e. The van der Waals surface area contributed by atoms with E-state index in [1.807, 2.05) is 36.4 Å². The molecule has 2 aromatic heterocycles. The lowest BCUT2D eigenvalue weighted by molar-refractivity contribution is 0.0663. The predicted molar refractivity (Wildman–Crippen MR) is 134 cm³/mol. The van der Waals surface area contributed by atoms with Gasteiger partial charge < -0.3 is 23.9 Å². The van der Waals surface area contributed by atoms with E-state index in [0.717, 1.165) is 42.0 Å². The van der Waals surface area contributed by atoms with E-state index in [9.17, 15) is 4.79 Å². The van der Waals surface area contributed by atoms with Gasteiger partial charge in [-0.15, -0.1) is 5.10 Å². The van der Waals surface area contributed by atoms with Crippen molar-refractivity contribution in [3.8, 4) is 17.2 Å². The Morgan fingerprint density at radius 3 is 2.76 bits per heavy atom. The average molecular weight is 505 g/mol. The predicted octanol–water partition coefficient (Wildman–Crippen LogP) is 2.48. The van der Waals surface area contributed by atoms with Crippen molar-refractivity contribution in [2.45, 2.75) is 38.6 Å². The van der Waals surface area contributed by atoms with E-state index in [2.05, 4.69) is 25.4 Å². The molecule has 0 spiro atoms. The van der Waals surface area contributed by atoms with Gasteiger partial charge in [0.1, 0.15) is 5.75 Å². The molecule has 37 heavy (non-hydrogen) atoms. The third-order valence-corrected chi connectivity index (χ3v) is 6.76. The monoisotopic (exact) mass is 504 g/mol. The van der Waals surface area contributed by atoms with Crippen LogP contribution in [0.5, 0.6) is 17.2 Å². The maximum Gasteiger partial charge on any atom is 0.252 e. The smallest absolute Gasteiger partial charge is 0.252 e. The van der Waals surface area contributed by atoms with Gasteiger partial charge >= 0.3 is 0 Å². The number of nitrogens with one attached hydrogen (secondary N) is 1. The molecule has 1 atom stereocenters. The molecular weight excluding hydrogens is 476 g/mol. The van der Waals surface area contributed by atoms with Crippen LogP contribution in [-0.4, -0.2) is 63.2 Å². The van der Waals surface area contributed by atoms with Crippen molar-refractivity contribution in [3.63, 3.8) is 0 Å². The fraction of sp³-hybridized carbons (Fsp3) is 0.385. The Morgan fingerprint density at radius 2 is 1.97 bits per heavy atom. The summed E-state index contributed by atoms with van der Waals surface area (Å²) < 4.78 is 23.9. The van der Waals surface area contributed by atoms with Gasteiger partial charge in [-0.2, -0.15) is 0 Å². The van der Waals surface area contributed by atoms with Crippen LogP contribution in [-0.2, 0) is 24.4 Å². The fourth-order valence-electron chi connectivity index (χ4n) is 4.82. The highest BCUT2D eigenvalue weighted by Gasteiger charge is 2.23. The van der Waals surface area contributed by atoms with Gasteiger partial charge in [0.05, 0.1) is 31.8 Å². The van der Waals surface area contributed by atoms with Crippen molar-refractivity contribution < 1.29 is 18.9 Å². The van der Waals surface area contributed by atoms with E-state index in [-0.39, 0.29) is 18.5 Å². The second-order valence-corrected chi connectivity index (χ2v) is 9.32. The van der Waals surface area contributed by atoms with Gasteiger partial charge in [-0.25, -0.2) is 4.68 Å². The Morgan fingerprint density at radius 1 is 1.14 bits per heavy atom. The number of H-pyrrole nitrogens is 1. The molecule has 0 aliphatic carbocycles. The molecule has 0 radical (unpaired) electrons. The number of rotatable bonds is 9. The number of hydrogen-bond donors (Lipinski definition) is 1. The minimum absolute atomic E-state index is 0.110. The maximum atomic E-state index is 13.0. The largest absolute Gasteiger partial charge is 0.497 e. The topological polar surface area (TPSA) is 117 Å². The number of methoxy groups -OCH3 is 1. The summed E-state index contributed by atoms with van der Waals surface area (Å²) in [6.07, 6.45) is 2.14. The maximum absolute atomic E-state index is 13.0. The molecule has 11 heteroatoms. The second-order valence-electron chi connectivity index (χ2n) is 9.32. The Labute approximate surface area is 212 Å². The Balaban J connectivity index is 1.25. The van der Waals surface area contributed by atoms with E-state index >= 15 is 0 Å². The normalized spacial score (nSPS) is 16.6. The zero-order chi connectivity index (χ0) is 25.2. The molecule has 2 aliphatic rings.